The molecule has 0 saturated carbocycles. The summed E-state index contributed by atoms with van der Waals surface area (Å²) in [7, 11) is 0. The molecule has 0 aliphatic carbocycles. The number of hydrogen-bond donors (Lipinski definition) is 12. The zero-order valence-electron chi connectivity index (χ0n) is 31.1. The molecule has 0 unspecified atom stereocenters. The van der Waals surface area contributed by atoms with E-state index < -0.39 is 72.2 Å². The second kappa shape index (κ2) is 26.0. The summed E-state index contributed by atoms with van der Waals surface area (Å²) in [6.07, 6.45) is 3.69. The molecule has 0 saturated heterocycles. The molecule has 18 heteroatoms. The minimum absolute atomic E-state index is 0.0649. The van der Waals surface area contributed by atoms with Crippen LogP contribution in [-0.2, 0) is 35.2 Å². The smallest absolute Gasteiger partial charge is 0.243 e. The Kier molecular flexibility index (Phi) is 22.7. The predicted molar refractivity (Wildman–Crippen MR) is 202 cm³/mol. The molecule has 5 atom stereocenters. The molecule has 6 amide bonds. The van der Waals surface area contributed by atoms with Gasteiger partial charge in [0.15, 0.2) is 5.96 Å². The third-order valence-corrected chi connectivity index (χ3v) is 8.20. The highest BCUT2D eigenvalue weighted by Gasteiger charge is 2.32. The van der Waals surface area contributed by atoms with Crippen molar-refractivity contribution in [3.8, 4) is 0 Å². The third kappa shape index (κ3) is 20.1. The molecule has 1 aromatic rings. The van der Waals surface area contributed by atoms with Gasteiger partial charge in [-0.25, -0.2) is 0 Å². The highest BCUT2D eigenvalue weighted by molar-refractivity contribution is 5.96. The van der Waals surface area contributed by atoms with Crippen LogP contribution in [-0.4, -0.2) is 97.8 Å². The van der Waals surface area contributed by atoms with Crippen LogP contribution in [0.3, 0.4) is 0 Å². The molecule has 17 N–H and O–H groups in total. The number of carbonyl (C=O) groups is 6. The molecule has 0 aliphatic heterocycles. The molecular weight excluding hydrogens is 684 g/mol. The van der Waals surface area contributed by atoms with E-state index in [2.05, 4.69) is 31.9 Å². The van der Waals surface area contributed by atoms with Crippen LogP contribution in [0.25, 0.3) is 0 Å². The van der Waals surface area contributed by atoms with Gasteiger partial charge in [-0.3, -0.25) is 34.2 Å². The van der Waals surface area contributed by atoms with Crippen LogP contribution < -0.4 is 60.6 Å². The van der Waals surface area contributed by atoms with Crippen molar-refractivity contribution in [2.75, 3.05) is 26.2 Å². The molecule has 0 aromatic heterocycles. The lowest BCUT2D eigenvalue weighted by molar-refractivity contribution is -0.135. The lowest BCUT2D eigenvalue weighted by atomic mass is 10.00. The van der Waals surface area contributed by atoms with Crippen LogP contribution in [0.1, 0.15) is 77.2 Å². The lowest BCUT2D eigenvalue weighted by Crippen LogP contribution is -2.59. The van der Waals surface area contributed by atoms with Crippen LogP contribution in [0.2, 0.25) is 0 Å². The van der Waals surface area contributed by atoms with E-state index in [1.165, 1.54) is 0 Å². The van der Waals surface area contributed by atoms with E-state index in [0.717, 1.165) is 5.56 Å². The van der Waals surface area contributed by atoms with Crippen molar-refractivity contribution < 1.29 is 28.8 Å². The minimum Gasteiger partial charge on any atom is -0.370 e. The van der Waals surface area contributed by atoms with Gasteiger partial charge in [-0.05, 0) is 75.9 Å². The molecule has 0 radical (unpaired) electrons. The van der Waals surface area contributed by atoms with E-state index in [1.54, 1.807) is 24.3 Å². The zero-order valence-corrected chi connectivity index (χ0v) is 31.1. The Balaban J connectivity index is 3.26. The maximum Gasteiger partial charge on any atom is 0.243 e. The number of nitrogens with two attached hydrogens (primary N) is 5. The van der Waals surface area contributed by atoms with Crippen molar-refractivity contribution in [1.82, 2.24) is 31.9 Å². The number of primary amides is 1. The second-order valence-electron chi connectivity index (χ2n) is 13.4. The Hall–Kier alpha value is -4.81. The van der Waals surface area contributed by atoms with E-state index in [9.17, 15) is 28.8 Å². The highest BCUT2D eigenvalue weighted by atomic mass is 16.2. The van der Waals surface area contributed by atoms with Crippen LogP contribution in [0, 0.1) is 11.3 Å². The fraction of sp³-hybridized carbons (Fsp3) is 0.629. The van der Waals surface area contributed by atoms with Crippen molar-refractivity contribution in [2.45, 2.75) is 108 Å². The molecule has 53 heavy (non-hydrogen) atoms. The number of hydrogen-bond acceptors (Lipinski definition) is 10. The molecule has 0 spiro atoms. The standard InChI is InChI=1S/C35H62N12O6/c1-22(2)19-27(34(53)47-28(31(50)43-21-29(39)48)20-23-11-4-3-5-12-23)46-33(52)25(14-7-9-17-37)45-32(51)26(15-10-18-42-35(40)41)44-30(49)24(38)13-6-8-16-36/h3-5,11-12,22,24-28H,6-10,13-21,36-38H2,1-2H3,(H2,39,48)(H,43,50)(H,44,49)(H,45,51)(H,46,52)(H,47,53)(H4,40,41,42)/t24-,25-,26-,27-,28-/m0/s1. The number of nitrogens with one attached hydrogen (secondary N) is 7. The SMILES string of the molecule is CC(C)C[C@H](NC(=O)[C@H](CCCCN)NC(=O)[C@H](CCCNC(=N)N)NC(=O)[C@@H](N)CCCCN)C(=O)N[C@@H](Cc1ccccc1)C(=O)NCC(N)=O. The van der Waals surface area contributed by atoms with Gasteiger partial charge in [-0.15, -0.1) is 0 Å². The molecule has 0 aliphatic rings. The first-order valence-corrected chi connectivity index (χ1v) is 18.2. The Morgan fingerprint density at radius 2 is 1.15 bits per heavy atom. The van der Waals surface area contributed by atoms with Crippen LogP contribution in [0.4, 0.5) is 0 Å². The molecular formula is C35H62N12O6. The first-order chi connectivity index (χ1) is 25.2. The Labute approximate surface area is 312 Å². The molecule has 1 rings (SSSR count). The van der Waals surface area contributed by atoms with Crippen LogP contribution in [0.15, 0.2) is 30.3 Å². The lowest BCUT2D eigenvalue weighted by Gasteiger charge is -2.27. The van der Waals surface area contributed by atoms with Gasteiger partial charge in [0.05, 0.1) is 12.6 Å². The summed E-state index contributed by atoms with van der Waals surface area (Å²) < 4.78 is 0. The molecule has 0 heterocycles. The number of amides is 6. The Morgan fingerprint density at radius 3 is 1.70 bits per heavy atom. The maximum atomic E-state index is 13.9. The van der Waals surface area contributed by atoms with Crippen LogP contribution >= 0.6 is 0 Å². The van der Waals surface area contributed by atoms with E-state index in [0.29, 0.717) is 51.6 Å². The van der Waals surface area contributed by atoms with Gasteiger partial charge >= 0.3 is 0 Å². The van der Waals surface area contributed by atoms with Gasteiger partial charge < -0.3 is 60.6 Å². The molecule has 0 fully saturated rings. The van der Waals surface area contributed by atoms with Gasteiger partial charge in [0.2, 0.25) is 35.4 Å². The van der Waals surface area contributed by atoms with E-state index in [1.807, 2.05) is 19.9 Å². The number of unbranched alkanes of at least 4 members (excludes halogenated alkanes) is 2. The summed E-state index contributed by atoms with van der Waals surface area (Å²) >= 11 is 0. The maximum absolute atomic E-state index is 13.9. The first-order valence-electron chi connectivity index (χ1n) is 18.2. The summed E-state index contributed by atoms with van der Waals surface area (Å²) in [5.74, 6) is -4.15. The minimum atomic E-state index is -1.11. The summed E-state index contributed by atoms with van der Waals surface area (Å²) in [5.41, 5.74) is 28.7. The molecule has 298 valence electrons. The number of carbonyl (C=O) groups excluding carboxylic acids is 6. The molecule has 18 nitrogen and oxygen atoms in total. The molecule has 0 bridgehead atoms. The molecule has 1 aromatic carbocycles. The fourth-order valence-electron chi connectivity index (χ4n) is 5.35. The average molecular weight is 747 g/mol. The van der Waals surface area contributed by atoms with E-state index >= 15 is 0 Å². The van der Waals surface area contributed by atoms with Crippen molar-refractivity contribution in [3.63, 3.8) is 0 Å². The number of guanidine groups is 1. The number of rotatable bonds is 27. The van der Waals surface area contributed by atoms with Crippen molar-refractivity contribution >= 4 is 41.4 Å². The van der Waals surface area contributed by atoms with Crippen LogP contribution in [0.5, 0.6) is 0 Å². The zero-order chi connectivity index (χ0) is 39.8. The summed E-state index contributed by atoms with van der Waals surface area (Å²) in [5, 5.41) is 23.4. The second-order valence-corrected chi connectivity index (χ2v) is 13.4. The van der Waals surface area contributed by atoms with Gasteiger partial charge in [-0.1, -0.05) is 50.6 Å². The predicted octanol–water partition coefficient (Wildman–Crippen LogP) is -2.34. The first kappa shape index (κ1) is 46.2. The van der Waals surface area contributed by atoms with Gasteiger partial charge in [-0.2, -0.15) is 0 Å². The summed E-state index contributed by atoms with van der Waals surface area (Å²) in [4.78, 5) is 78.7. The van der Waals surface area contributed by atoms with Gasteiger partial charge in [0.25, 0.3) is 0 Å². The Bertz CT molecular complexity index is 1320. The topological polar surface area (TPSA) is 329 Å². The average Bonchev–Trinajstić information content (AvgIpc) is 3.10. The van der Waals surface area contributed by atoms with Gasteiger partial charge in [0, 0.05) is 13.0 Å². The fourth-order valence-corrected chi connectivity index (χ4v) is 5.35. The van der Waals surface area contributed by atoms with Gasteiger partial charge in [0.1, 0.15) is 24.2 Å². The normalized spacial score (nSPS) is 13.8. The Morgan fingerprint density at radius 1 is 0.642 bits per heavy atom. The van der Waals surface area contributed by atoms with E-state index in [4.69, 9.17) is 34.1 Å². The van der Waals surface area contributed by atoms with Crippen molar-refractivity contribution in [2.24, 2.45) is 34.6 Å². The van der Waals surface area contributed by atoms with Crippen molar-refractivity contribution in [3.05, 3.63) is 35.9 Å². The number of benzene rings is 1. The monoisotopic (exact) mass is 746 g/mol. The largest absolute Gasteiger partial charge is 0.370 e. The van der Waals surface area contributed by atoms with E-state index in [-0.39, 0.29) is 44.1 Å². The third-order valence-electron chi connectivity index (χ3n) is 8.20. The highest BCUT2D eigenvalue weighted by Crippen LogP contribution is 2.11. The quantitative estimate of drug-likeness (QED) is 0.0257. The summed E-state index contributed by atoms with van der Waals surface area (Å²) in [6.45, 7) is 4.37. The summed E-state index contributed by atoms with van der Waals surface area (Å²) in [6, 6.07) is 3.69. The van der Waals surface area contributed by atoms with Crippen molar-refractivity contribution in [1.29, 1.82) is 5.41 Å².